The van der Waals surface area contributed by atoms with Gasteiger partial charge in [0.15, 0.2) is 6.61 Å². The van der Waals surface area contributed by atoms with Gasteiger partial charge in [-0.15, -0.1) is 0 Å². The van der Waals surface area contributed by atoms with Crippen molar-refractivity contribution < 1.29 is 14.3 Å². The van der Waals surface area contributed by atoms with Gasteiger partial charge in [-0.2, -0.15) is 0 Å². The molecule has 6 nitrogen and oxygen atoms in total. The quantitative estimate of drug-likeness (QED) is 0.883. The summed E-state index contributed by atoms with van der Waals surface area (Å²) >= 11 is 0. The molecule has 2 aliphatic rings. The molecular weight excluding hydrogens is 270 g/mol. The number of nitrogens with one attached hydrogen (secondary N) is 2. The predicted molar refractivity (Wildman–Crippen MR) is 79.5 cm³/mol. The van der Waals surface area contributed by atoms with E-state index in [0.29, 0.717) is 17.1 Å². The summed E-state index contributed by atoms with van der Waals surface area (Å²) in [5.41, 5.74) is 1.32. The zero-order chi connectivity index (χ0) is 14.8. The number of benzene rings is 1. The van der Waals surface area contributed by atoms with Crippen LogP contribution in [0.1, 0.15) is 19.8 Å². The molecule has 0 aliphatic carbocycles. The minimum absolute atomic E-state index is 0.00851. The average molecular weight is 289 g/mol. The van der Waals surface area contributed by atoms with Crippen LogP contribution >= 0.6 is 0 Å². The van der Waals surface area contributed by atoms with Crippen molar-refractivity contribution in [1.29, 1.82) is 0 Å². The Labute approximate surface area is 123 Å². The molecule has 21 heavy (non-hydrogen) atoms. The van der Waals surface area contributed by atoms with Gasteiger partial charge in [-0.1, -0.05) is 0 Å². The largest absolute Gasteiger partial charge is 0.482 e. The third kappa shape index (κ3) is 3.00. The van der Waals surface area contributed by atoms with E-state index >= 15 is 0 Å². The van der Waals surface area contributed by atoms with Crippen LogP contribution in [0, 0.1) is 0 Å². The van der Waals surface area contributed by atoms with Gasteiger partial charge in [0.2, 0.25) is 5.91 Å². The fraction of sp³-hybridized carbons (Fsp3) is 0.467. The smallest absolute Gasteiger partial charge is 0.262 e. The Hall–Kier alpha value is -2.08. The summed E-state index contributed by atoms with van der Waals surface area (Å²) in [6, 6.07) is 5.11. The molecule has 6 heteroatoms. The van der Waals surface area contributed by atoms with E-state index in [9.17, 15) is 9.59 Å². The van der Waals surface area contributed by atoms with Crippen LogP contribution in [0.5, 0.6) is 5.75 Å². The average Bonchev–Trinajstić information content (AvgIpc) is 3.00. The number of carbonyl (C=O) groups is 2. The number of hydrogen-bond donors (Lipinski definition) is 2. The van der Waals surface area contributed by atoms with Crippen molar-refractivity contribution in [2.45, 2.75) is 25.8 Å². The van der Waals surface area contributed by atoms with E-state index in [2.05, 4.69) is 15.5 Å². The molecule has 2 amide bonds. The Morgan fingerprint density at radius 2 is 2.14 bits per heavy atom. The number of nitrogens with zero attached hydrogens (tertiary/aromatic N) is 1. The van der Waals surface area contributed by atoms with Crippen molar-refractivity contribution in [3.05, 3.63) is 18.2 Å². The third-order valence-corrected chi connectivity index (χ3v) is 3.95. The second kappa shape index (κ2) is 5.73. The van der Waals surface area contributed by atoms with Crippen molar-refractivity contribution in [1.82, 2.24) is 4.90 Å². The highest BCUT2D eigenvalue weighted by Gasteiger charge is 2.24. The standard InChI is InChI=1S/C15H19N3O3/c1-10(18-6-2-3-7-18)15(20)16-11-4-5-12-13(8-11)21-9-14(19)17-12/h4-5,8,10H,2-3,6-7,9H2,1H3,(H,16,20)(H,17,19)/t10-/m0/s1. The lowest BCUT2D eigenvalue weighted by molar-refractivity contribution is -0.120. The fourth-order valence-electron chi connectivity index (χ4n) is 2.69. The molecule has 112 valence electrons. The molecule has 0 saturated carbocycles. The van der Waals surface area contributed by atoms with E-state index in [1.54, 1.807) is 18.2 Å². The van der Waals surface area contributed by atoms with Crippen LogP contribution in [0.2, 0.25) is 0 Å². The van der Waals surface area contributed by atoms with Crippen molar-refractivity contribution in [3.8, 4) is 5.75 Å². The summed E-state index contributed by atoms with van der Waals surface area (Å²) in [5.74, 6) is 0.403. The lowest BCUT2D eigenvalue weighted by Crippen LogP contribution is -2.40. The van der Waals surface area contributed by atoms with Crippen LogP contribution < -0.4 is 15.4 Å². The zero-order valence-corrected chi connectivity index (χ0v) is 12.0. The number of ether oxygens (including phenoxy) is 1. The highest BCUT2D eigenvalue weighted by Crippen LogP contribution is 2.30. The summed E-state index contributed by atoms with van der Waals surface area (Å²) in [5, 5.41) is 5.63. The van der Waals surface area contributed by atoms with Crippen LogP contribution in [-0.2, 0) is 9.59 Å². The minimum atomic E-state index is -0.165. The van der Waals surface area contributed by atoms with Gasteiger partial charge in [-0.25, -0.2) is 0 Å². The molecule has 0 unspecified atom stereocenters. The molecular formula is C15H19N3O3. The molecule has 1 atom stereocenters. The van der Waals surface area contributed by atoms with Gasteiger partial charge < -0.3 is 15.4 Å². The number of likely N-dealkylation sites (tertiary alicyclic amines) is 1. The van der Waals surface area contributed by atoms with E-state index in [4.69, 9.17) is 4.74 Å². The summed E-state index contributed by atoms with van der Waals surface area (Å²) in [4.78, 5) is 25.7. The first-order chi connectivity index (χ1) is 10.1. The molecule has 0 bridgehead atoms. The van der Waals surface area contributed by atoms with Crippen molar-refractivity contribution >= 4 is 23.2 Å². The Morgan fingerprint density at radius 3 is 2.90 bits per heavy atom. The predicted octanol–water partition coefficient (Wildman–Crippen LogP) is 1.44. The van der Waals surface area contributed by atoms with Crippen LogP contribution in [0.3, 0.4) is 0 Å². The number of hydrogen-bond acceptors (Lipinski definition) is 4. The lowest BCUT2D eigenvalue weighted by Gasteiger charge is -2.23. The molecule has 1 saturated heterocycles. The monoisotopic (exact) mass is 289 g/mol. The SMILES string of the molecule is C[C@@H](C(=O)Nc1ccc2c(c1)OCC(=O)N2)N1CCCC1. The maximum atomic E-state index is 12.3. The Balaban J connectivity index is 1.67. The zero-order valence-electron chi connectivity index (χ0n) is 12.0. The highest BCUT2D eigenvalue weighted by molar-refractivity contribution is 5.98. The number of fused-ring (bicyclic) bond motifs is 1. The molecule has 3 rings (SSSR count). The van der Waals surface area contributed by atoms with Crippen LogP contribution in [0.15, 0.2) is 18.2 Å². The maximum absolute atomic E-state index is 12.3. The van der Waals surface area contributed by atoms with Crippen LogP contribution in [0.4, 0.5) is 11.4 Å². The van der Waals surface area contributed by atoms with Gasteiger partial charge in [-0.3, -0.25) is 14.5 Å². The van der Waals surface area contributed by atoms with Gasteiger partial charge >= 0.3 is 0 Å². The Kier molecular flexibility index (Phi) is 3.79. The van der Waals surface area contributed by atoms with E-state index in [-0.39, 0.29) is 24.5 Å². The minimum Gasteiger partial charge on any atom is -0.482 e. The number of rotatable bonds is 3. The number of amides is 2. The topological polar surface area (TPSA) is 70.7 Å². The molecule has 0 spiro atoms. The van der Waals surface area contributed by atoms with Crippen molar-refractivity contribution in [3.63, 3.8) is 0 Å². The van der Waals surface area contributed by atoms with Crippen LogP contribution in [-0.4, -0.2) is 42.5 Å². The molecule has 2 heterocycles. The second-order valence-corrected chi connectivity index (χ2v) is 5.46. The lowest BCUT2D eigenvalue weighted by atomic mass is 10.2. The fourth-order valence-corrected chi connectivity index (χ4v) is 2.69. The van der Waals surface area contributed by atoms with Gasteiger partial charge in [-0.05, 0) is 45.0 Å². The molecule has 2 N–H and O–H groups in total. The van der Waals surface area contributed by atoms with Crippen LogP contribution in [0.25, 0.3) is 0 Å². The van der Waals surface area contributed by atoms with Gasteiger partial charge in [0.25, 0.3) is 5.91 Å². The Bertz CT molecular complexity index is 567. The maximum Gasteiger partial charge on any atom is 0.262 e. The summed E-state index contributed by atoms with van der Waals surface area (Å²) in [6.07, 6.45) is 2.31. The van der Waals surface area contributed by atoms with Gasteiger partial charge in [0.05, 0.1) is 11.7 Å². The van der Waals surface area contributed by atoms with E-state index in [0.717, 1.165) is 25.9 Å². The van der Waals surface area contributed by atoms with Crippen molar-refractivity contribution in [2.24, 2.45) is 0 Å². The summed E-state index contributed by atoms with van der Waals surface area (Å²) < 4.78 is 5.34. The summed E-state index contributed by atoms with van der Waals surface area (Å²) in [6.45, 7) is 3.90. The molecule has 1 aromatic rings. The normalized spacial score (nSPS) is 19.4. The van der Waals surface area contributed by atoms with E-state index in [1.807, 2.05) is 6.92 Å². The molecule has 0 aromatic heterocycles. The van der Waals surface area contributed by atoms with Gasteiger partial charge in [0, 0.05) is 11.8 Å². The molecule has 1 fully saturated rings. The first-order valence-electron chi connectivity index (χ1n) is 7.25. The first-order valence-corrected chi connectivity index (χ1v) is 7.25. The third-order valence-electron chi connectivity index (χ3n) is 3.95. The summed E-state index contributed by atoms with van der Waals surface area (Å²) in [7, 11) is 0. The Morgan fingerprint density at radius 1 is 1.38 bits per heavy atom. The molecule has 1 aromatic carbocycles. The number of anilines is 2. The second-order valence-electron chi connectivity index (χ2n) is 5.46. The molecule has 0 radical (unpaired) electrons. The highest BCUT2D eigenvalue weighted by atomic mass is 16.5. The van der Waals surface area contributed by atoms with E-state index in [1.165, 1.54) is 0 Å². The number of carbonyl (C=O) groups excluding carboxylic acids is 2. The van der Waals surface area contributed by atoms with Crippen molar-refractivity contribution in [2.75, 3.05) is 30.3 Å². The first kappa shape index (κ1) is 13.9. The van der Waals surface area contributed by atoms with Gasteiger partial charge in [0.1, 0.15) is 5.75 Å². The molecule has 2 aliphatic heterocycles. The van der Waals surface area contributed by atoms with E-state index < -0.39 is 0 Å².